The fraction of sp³-hybridized carbons (Fsp3) is 0.484. The number of allylic oxidation sites excluding steroid dienone is 6. The van der Waals surface area contributed by atoms with Crippen LogP contribution in [-0.4, -0.2) is 24.5 Å². The lowest BCUT2D eigenvalue weighted by molar-refractivity contribution is -0.258. The van der Waals surface area contributed by atoms with Crippen LogP contribution in [0, 0.1) is 10.8 Å². The van der Waals surface area contributed by atoms with E-state index in [2.05, 4.69) is 28.6 Å². The maximum absolute atomic E-state index is 15.1. The summed E-state index contributed by atoms with van der Waals surface area (Å²) < 4.78 is 51.3. The van der Waals surface area contributed by atoms with E-state index in [1.54, 1.807) is 18.2 Å². The summed E-state index contributed by atoms with van der Waals surface area (Å²) in [5.41, 5.74) is -1.83. The molecule has 0 spiro atoms. The van der Waals surface area contributed by atoms with E-state index in [0.29, 0.717) is 10.9 Å². The van der Waals surface area contributed by atoms with E-state index < -0.39 is 35.2 Å². The van der Waals surface area contributed by atoms with Crippen LogP contribution in [0.1, 0.15) is 84.0 Å². The maximum atomic E-state index is 15.1. The molecule has 3 nitrogen and oxygen atoms in total. The van der Waals surface area contributed by atoms with Crippen molar-refractivity contribution in [2.45, 2.75) is 79.8 Å². The van der Waals surface area contributed by atoms with Crippen LogP contribution in [-0.2, 0) is 9.53 Å². The number of halogens is 4. The zero-order valence-corrected chi connectivity index (χ0v) is 24.9. The summed E-state index contributed by atoms with van der Waals surface area (Å²) in [5.74, 6) is -2.26. The molecule has 1 rings (SSSR count). The van der Waals surface area contributed by atoms with E-state index in [1.807, 2.05) is 40.7 Å². The third kappa shape index (κ3) is 9.11. The van der Waals surface area contributed by atoms with Crippen molar-refractivity contribution in [1.82, 2.24) is 0 Å². The molecule has 0 saturated heterocycles. The lowest BCUT2D eigenvalue weighted by Gasteiger charge is -2.45. The third-order valence-electron chi connectivity index (χ3n) is 6.80. The van der Waals surface area contributed by atoms with Crippen LogP contribution in [0.3, 0.4) is 0 Å². The number of Topliss-reactive ketones (excluding diaryl/α,β-unsaturated/α-hetero) is 1. The zero-order valence-electron chi connectivity index (χ0n) is 23.3. The monoisotopic (exact) mass is 596 g/mol. The summed E-state index contributed by atoms with van der Waals surface area (Å²) in [6, 6.07) is 6.02. The summed E-state index contributed by atoms with van der Waals surface area (Å²) in [5, 5.41) is 0. The van der Waals surface area contributed by atoms with Crippen molar-refractivity contribution >= 4 is 27.7 Å². The molecule has 0 saturated carbocycles. The molecule has 0 amide bonds. The van der Waals surface area contributed by atoms with Gasteiger partial charge in [0.05, 0.1) is 0 Å². The van der Waals surface area contributed by atoms with Gasteiger partial charge in [-0.1, -0.05) is 69.9 Å². The average Bonchev–Trinajstić information content (AvgIpc) is 2.81. The number of benzene rings is 1. The highest BCUT2D eigenvalue weighted by Gasteiger charge is 2.70. The Hall–Kier alpha value is -2.41. The van der Waals surface area contributed by atoms with Crippen molar-refractivity contribution < 1.29 is 27.5 Å². The number of carbonyl (C=O) groups is 2. The first-order chi connectivity index (χ1) is 17.6. The number of hydrogen-bond acceptors (Lipinski definition) is 3. The van der Waals surface area contributed by atoms with Gasteiger partial charge < -0.3 is 4.74 Å². The quantitative estimate of drug-likeness (QED) is 0.122. The lowest BCUT2D eigenvalue weighted by atomic mass is 9.59. The first-order valence-electron chi connectivity index (χ1n) is 12.7. The van der Waals surface area contributed by atoms with Gasteiger partial charge in [-0.3, -0.25) is 9.59 Å². The van der Waals surface area contributed by atoms with Crippen molar-refractivity contribution in [2.24, 2.45) is 10.8 Å². The highest BCUT2D eigenvalue weighted by atomic mass is 79.9. The predicted molar refractivity (Wildman–Crippen MR) is 152 cm³/mol. The molecular formula is C31H40BrF3O3. The highest BCUT2D eigenvalue weighted by Crippen LogP contribution is 2.57. The molecule has 38 heavy (non-hydrogen) atoms. The number of alkyl halides is 3. The number of carbonyl (C=O) groups excluding carboxylic acids is 2. The molecule has 1 aromatic carbocycles. The SMILES string of the molecule is C=CC(C)(CCC=C(C)C)C(CC(=O)c1ccc(Br)cc1)(C(=O)OCC=C(C)CCC=C(C)C)C(F)(F)F. The van der Waals surface area contributed by atoms with Gasteiger partial charge in [0.25, 0.3) is 0 Å². The second-order valence-corrected chi connectivity index (χ2v) is 11.3. The summed E-state index contributed by atoms with van der Waals surface area (Å²) in [7, 11) is 0. The largest absolute Gasteiger partial charge is 0.461 e. The van der Waals surface area contributed by atoms with Crippen LogP contribution in [0.5, 0.6) is 0 Å². The Labute approximate surface area is 234 Å². The predicted octanol–water partition coefficient (Wildman–Crippen LogP) is 9.75. The molecule has 210 valence electrons. The van der Waals surface area contributed by atoms with Gasteiger partial charge in [0.2, 0.25) is 0 Å². The normalized spacial score (nSPS) is 15.1. The van der Waals surface area contributed by atoms with Crippen LogP contribution in [0.15, 0.2) is 76.3 Å². The molecule has 0 radical (unpaired) electrons. The first kappa shape index (κ1) is 33.6. The van der Waals surface area contributed by atoms with Crippen molar-refractivity contribution in [3.8, 4) is 0 Å². The average molecular weight is 598 g/mol. The molecule has 2 unspecified atom stereocenters. The van der Waals surface area contributed by atoms with Gasteiger partial charge in [-0.05, 0) is 78.5 Å². The molecule has 1 aromatic rings. The van der Waals surface area contributed by atoms with Crippen LogP contribution in [0.2, 0.25) is 0 Å². The minimum absolute atomic E-state index is 0.0402. The maximum Gasteiger partial charge on any atom is 0.406 e. The van der Waals surface area contributed by atoms with E-state index in [-0.39, 0.29) is 25.0 Å². The molecule has 0 bridgehead atoms. The molecule has 0 fully saturated rings. The fourth-order valence-electron chi connectivity index (χ4n) is 4.25. The minimum atomic E-state index is -5.08. The Balaban J connectivity index is 3.49. The number of esters is 1. The molecule has 0 aromatic heterocycles. The molecule has 0 aliphatic carbocycles. The van der Waals surface area contributed by atoms with E-state index in [0.717, 1.165) is 23.6 Å². The van der Waals surface area contributed by atoms with Crippen LogP contribution < -0.4 is 0 Å². The number of ketones is 1. The second-order valence-electron chi connectivity index (χ2n) is 10.4. The molecule has 7 heteroatoms. The van der Waals surface area contributed by atoms with Crippen LogP contribution >= 0.6 is 15.9 Å². The van der Waals surface area contributed by atoms with Gasteiger partial charge >= 0.3 is 12.1 Å². The first-order valence-corrected chi connectivity index (χ1v) is 13.5. The van der Waals surface area contributed by atoms with Gasteiger partial charge in [0, 0.05) is 21.9 Å². The van der Waals surface area contributed by atoms with Gasteiger partial charge in [-0.25, -0.2) is 0 Å². The number of ether oxygens (including phenoxy) is 1. The van der Waals surface area contributed by atoms with Gasteiger partial charge in [-0.15, -0.1) is 6.58 Å². The van der Waals surface area contributed by atoms with E-state index in [9.17, 15) is 9.59 Å². The molecule has 2 atom stereocenters. The van der Waals surface area contributed by atoms with Gasteiger partial charge in [0.1, 0.15) is 6.61 Å². The Morgan fingerprint density at radius 3 is 2.00 bits per heavy atom. The molecule has 0 aliphatic heterocycles. The van der Waals surface area contributed by atoms with E-state index in [1.165, 1.54) is 24.6 Å². The Bertz CT molecular complexity index is 1060. The summed E-state index contributed by atoms with van der Waals surface area (Å²) in [4.78, 5) is 26.8. The Kier molecular flexibility index (Phi) is 13.0. The third-order valence-corrected chi connectivity index (χ3v) is 7.33. The van der Waals surface area contributed by atoms with Crippen molar-refractivity contribution in [2.75, 3.05) is 6.61 Å². The summed E-state index contributed by atoms with van der Waals surface area (Å²) in [6.45, 7) is 14.2. The van der Waals surface area contributed by atoms with Crippen LogP contribution in [0.25, 0.3) is 0 Å². The van der Waals surface area contributed by atoms with Gasteiger partial charge in [-0.2, -0.15) is 13.2 Å². The second kappa shape index (κ2) is 14.7. The molecular weight excluding hydrogens is 557 g/mol. The minimum Gasteiger partial charge on any atom is -0.461 e. The molecule has 0 aliphatic rings. The Morgan fingerprint density at radius 2 is 1.50 bits per heavy atom. The topological polar surface area (TPSA) is 43.4 Å². The highest BCUT2D eigenvalue weighted by molar-refractivity contribution is 9.10. The summed E-state index contributed by atoms with van der Waals surface area (Å²) in [6.07, 6.45) is 2.19. The van der Waals surface area contributed by atoms with Crippen molar-refractivity contribution in [3.63, 3.8) is 0 Å². The summed E-state index contributed by atoms with van der Waals surface area (Å²) >= 11 is 3.26. The van der Waals surface area contributed by atoms with Crippen molar-refractivity contribution in [1.29, 1.82) is 0 Å². The molecule has 0 heterocycles. The smallest absolute Gasteiger partial charge is 0.406 e. The Morgan fingerprint density at radius 1 is 0.947 bits per heavy atom. The van der Waals surface area contributed by atoms with Crippen molar-refractivity contribution in [3.05, 3.63) is 81.9 Å². The van der Waals surface area contributed by atoms with Gasteiger partial charge in [0.15, 0.2) is 11.2 Å². The van der Waals surface area contributed by atoms with Crippen LogP contribution in [0.4, 0.5) is 13.2 Å². The number of rotatable bonds is 14. The van der Waals surface area contributed by atoms with E-state index >= 15 is 13.2 Å². The lowest BCUT2D eigenvalue weighted by Crippen LogP contribution is -2.57. The fourth-order valence-corrected chi connectivity index (χ4v) is 4.51. The number of hydrogen-bond donors (Lipinski definition) is 0. The van der Waals surface area contributed by atoms with E-state index in [4.69, 9.17) is 4.74 Å². The molecule has 0 N–H and O–H groups in total. The zero-order chi connectivity index (χ0) is 29.1. The standard InChI is InChI=1S/C31H40BrF3O3/c1-8-29(7,19-10-12-23(4)5)30(31(33,34)35,21-27(36)25-14-16-26(32)17-15-25)28(37)38-20-18-24(6)13-9-11-22(2)3/h8,11-12,14-18H,1,9-10,13,19-21H2,2-7H3.